The molecule has 0 saturated carbocycles. The minimum atomic E-state index is -0.948. The van der Waals surface area contributed by atoms with Gasteiger partial charge in [0.1, 0.15) is 23.9 Å². The number of rotatable bonds is 2. The molecule has 2 heterocycles. The molecule has 1 aromatic heterocycles. The number of nitrogens with zero attached hydrogens (tertiary/aromatic N) is 1. The van der Waals surface area contributed by atoms with Crippen molar-refractivity contribution in [3.8, 4) is 0 Å². The third-order valence-corrected chi connectivity index (χ3v) is 4.82. The van der Waals surface area contributed by atoms with Crippen molar-refractivity contribution in [1.82, 2.24) is 10.2 Å². The van der Waals surface area contributed by atoms with E-state index in [2.05, 4.69) is 5.32 Å². The molecule has 4 rings (SSSR count). The van der Waals surface area contributed by atoms with Crippen LogP contribution in [0.4, 0.5) is 4.39 Å². The smallest absolute Gasteiger partial charge is 0.258 e. The topological polar surface area (TPSA) is 79.6 Å². The van der Waals surface area contributed by atoms with E-state index in [1.165, 1.54) is 29.4 Å². The number of carbonyl (C=O) groups excluding carboxylic acids is 3. The molecule has 1 unspecified atom stereocenters. The van der Waals surface area contributed by atoms with Gasteiger partial charge in [-0.2, -0.15) is 0 Å². The predicted molar refractivity (Wildman–Crippen MR) is 89.2 cm³/mol. The molecular weight excluding hydrogens is 339 g/mol. The molecule has 134 valence electrons. The standard InChI is InChI=1S/C19H17FN2O4/c20-12-4-1-3-11(9-12)17-18(24)21-7-8-22(17)19(25)13-10-26-15-6-2-5-14(23)16(13)15/h1,3-4,9-10,17H,2,5-8H2,(H,21,24). The van der Waals surface area contributed by atoms with Crippen molar-refractivity contribution >= 4 is 17.6 Å². The number of amides is 2. The van der Waals surface area contributed by atoms with Crippen LogP contribution < -0.4 is 5.32 Å². The van der Waals surface area contributed by atoms with Crippen molar-refractivity contribution < 1.29 is 23.2 Å². The van der Waals surface area contributed by atoms with Gasteiger partial charge in [-0.3, -0.25) is 14.4 Å². The number of halogens is 1. The van der Waals surface area contributed by atoms with E-state index in [-0.39, 0.29) is 23.8 Å². The Labute approximate surface area is 149 Å². The molecule has 0 radical (unpaired) electrons. The summed E-state index contributed by atoms with van der Waals surface area (Å²) < 4.78 is 19.1. The Hall–Kier alpha value is -2.96. The van der Waals surface area contributed by atoms with Gasteiger partial charge in [0.25, 0.3) is 5.91 Å². The van der Waals surface area contributed by atoms with Crippen LogP contribution in [0.15, 0.2) is 34.9 Å². The van der Waals surface area contributed by atoms with Crippen molar-refractivity contribution in [3.63, 3.8) is 0 Å². The van der Waals surface area contributed by atoms with Gasteiger partial charge in [-0.25, -0.2) is 4.39 Å². The molecule has 1 saturated heterocycles. The van der Waals surface area contributed by atoms with Gasteiger partial charge >= 0.3 is 0 Å². The lowest BCUT2D eigenvalue weighted by atomic mass is 9.93. The number of nitrogens with one attached hydrogen (secondary N) is 1. The maximum Gasteiger partial charge on any atom is 0.258 e. The van der Waals surface area contributed by atoms with Crippen molar-refractivity contribution in [2.24, 2.45) is 0 Å². The number of ketones is 1. The van der Waals surface area contributed by atoms with Crippen LogP contribution in [0.25, 0.3) is 0 Å². The number of aryl methyl sites for hydroxylation is 1. The number of hydrogen-bond donors (Lipinski definition) is 1. The zero-order valence-electron chi connectivity index (χ0n) is 14.0. The second-order valence-corrected chi connectivity index (χ2v) is 6.47. The van der Waals surface area contributed by atoms with E-state index in [0.29, 0.717) is 42.7 Å². The molecule has 1 aromatic carbocycles. The molecule has 6 nitrogen and oxygen atoms in total. The summed E-state index contributed by atoms with van der Waals surface area (Å²) in [6.07, 6.45) is 2.99. The molecule has 0 spiro atoms. The van der Waals surface area contributed by atoms with Gasteiger partial charge < -0.3 is 14.6 Å². The largest absolute Gasteiger partial charge is 0.468 e. The Bertz CT molecular complexity index is 905. The molecule has 7 heteroatoms. The number of benzene rings is 1. The van der Waals surface area contributed by atoms with Crippen LogP contribution in [0.3, 0.4) is 0 Å². The normalized spacial score (nSPS) is 19.9. The van der Waals surface area contributed by atoms with Crippen LogP contribution in [-0.4, -0.2) is 35.6 Å². The van der Waals surface area contributed by atoms with Gasteiger partial charge in [0.05, 0.1) is 11.1 Å². The lowest BCUT2D eigenvalue weighted by Crippen LogP contribution is -2.52. The maximum absolute atomic E-state index is 13.6. The summed E-state index contributed by atoms with van der Waals surface area (Å²) in [6.45, 7) is 0.560. The van der Waals surface area contributed by atoms with E-state index in [1.54, 1.807) is 6.07 Å². The van der Waals surface area contributed by atoms with Gasteiger partial charge in [-0.1, -0.05) is 12.1 Å². The van der Waals surface area contributed by atoms with Gasteiger partial charge in [0, 0.05) is 25.9 Å². The van der Waals surface area contributed by atoms with Crippen LogP contribution in [0.1, 0.15) is 50.9 Å². The monoisotopic (exact) mass is 356 g/mol. The van der Waals surface area contributed by atoms with Crippen LogP contribution in [0.2, 0.25) is 0 Å². The lowest BCUT2D eigenvalue weighted by Gasteiger charge is -2.35. The summed E-state index contributed by atoms with van der Waals surface area (Å²) in [5.41, 5.74) is 0.894. The first kappa shape index (κ1) is 16.5. The highest BCUT2D eigenvalue weighted by Crippen LogP contribution is 2.31. The summed E-state index contributed by atoms with van der Waals surface area (Å²) >= 11 is 0. The van der Waals surface area contributed by atoms with Gasteiger partial charge in [0.2, 0.25) is 5.91 Å². The van der Waals surface area contributed by atoms with Gasteiger partial charge in [-0.15, -0.1) is 0 Å². The molecule has 0 bridgehead atoms. The van der Waals surface area contributed by atoms with Crippen LogP contribution >= 0.6 is 0 Å². The zero-order chi connectivity index (χ0) is 18.3. The molecule has 2 amide bonds. The van der Waals surface area contributed by atoms with Gasteiger partial charge in [0.15, 0.2) is 5.78 Å². The summed E-state index contributed by atoms with van der Waals surface area (Å²) in [6, 6.07) is 4.68. The highest BCUT2D eigenvalue weighted by atomic mass is 19.1. The molecule has 1 aliphatic heterocycles. The van der Waals surface area contributed by atoms with E-state index in [0.717, 1.165) is 0 Å². The Morgan fingerprint density at radius 1 is 1.27 bits per heavy atom. The number of hydrogen-bond acceptors (Lipinski definition) is 4. The Balaban J connectivity index is 1.73. The Morgan fingerprint density at radius 2 is 2.12 bits per heavy atom. The lowest BCUT2D eigenvalue weighted by molar-refractivity contribution is -0.128. The number of fused-ring (bicyclic) bond motifs is 1. The second kappa shape index (κ2) is 6.40. The summed E-state index contributed by atoms with van der Waals surface area (Å²) in [7, 11) is 0. The minimum absolute atomic E-state index is 0.118. The fraction of sp³-hybridized carbons (Fsp3) is 0.316. The Kier molecular flexibility index (Phi) is 4.06. The predicted octanol–water partition coefficient (Wildman–Crippen LogP) is 2.25. The van der Waals surface area contributed by atoms with E-state index < -0.39 is 17.8 Å². The number of piperazine rings is 1. The molecule has 2 aliphatic rings. The van der Waals surface area contributed by atoms with Crippen molar-refractivity contribution in [2.75, 3.05) is 13.1 Å². The first-order valence-electron chi connectivity index (χ1n) is 8.54. The molecule has 1 aliphatic carbocycles. The highest BCUT2D eigenvalue weighted by Gasteiger charge is 2.38. The molecular formula is C19H17FN2O4. The fourth-order valence-electron chi connectivity index (χ4n) is 3.63. The van der Waals surface area contributed by atoms with Crippen LogP contribution in [0, 0.1) is 5.82 Å². The first-order valence-corrected chi connectivity index (χ1v) is 8.54. The number of carbonyl (C=O) groups is 3. The quantitative estimate of drug-likeness (QED) is 0.895. The summed E-state index contributed by atoms with van der Waals surface area (Å²) in [5, 5.41) is 2.71. The average Bonchev–Trinajstić information content (AvgIpc) is 3.06. The molecule has 26 heavy (non-hydrogen) atoms. The summed E-state index contributed by atoms with van der Waals surface area (Å²) in [5.74, 6) is -0.905. The molecule has 1 N–H and O–H groups in total. The minimum Gasteiger partial charge on any atom is -0.468 e. The van der Waals surface area contributed by atoms with Crippen molar-refractivity contribution in [3.05, 3.63) is 58.8 Å². The van der Waals surface area contributed by atoms with E-state index >= 15 is 0 Å². The third-order valence-electron chi connectivity index (χ3n) is 4.82. The van der Waals surface area contributed by atoms with Gasteiger partial charge in [-0.05, 0) is 24.1 Å². The van der Waals surface area contributed by atoms with Crippen LogP contribution in [0.5, 0.6) is 0 Å². The first-order chi connectivity index (χ1) is 12.6. The third kappa shape index (κ3) is 2.69. The van der Waals surface area contributed by atoms with Crippen molar-refractivity contribution in [2.45, 2.75) is 25.3 Å². The SMILES string of the molecule is O=C1CCCc2occ(C(=O)N3CCNC(=O)C3c3cccc(F)c3)c21. The molecule has 1 fully saturated rings. The summed E-state index contributed by atoms with van der Waals surface area (Å²) in [4.78, 5) is 39.2. The average molecular weight is 356 g/mol. The number of furan rings is 1. The van der Waals surface area contributed by atoms with E-state index in [9.17, 15) is 18.8 Å². The fourth-order valence-corrected chi connectivity index (χ4v) is 3.63. The van der Waals surface area contributed by atoms with E-state index in [1.807, 2.05) is 0 Å². The van der Waals surface area contributed by atoms with Crippen LogP contribution in [-0.2, 0) is 11.2 Å². The number of Topliss-reactive ketones (excluding diaryl/α,β-unsaturated/α-hetero) is 1. The van der Waals surface area contributed by atoms with Crippen molar-refractivity contribution in [1.29, 1.82) is 0 Å². The second-order valence-electron chi connectivity index (χ2n) is 6.47. The zero-order valence-corrected chi connectivity index (χ0v) is 14.0. The molecule has 1 atom stereocenters. The molecule has 2 aromatic rings. The Morgan fingerprint density at radius 3 is 2.92 bits per heavy atom. The maximum atomic E-state index is 13.6. The van der Waals surface area contributed by atoms with E-state index in [4.69, 9.17) is 4.42 Å². The highest BCUT2D eigenvalue weighted by molar-refractivity contribution is 6.10.